The van der Waals surface area contributed by atoms with E-state index in [1.165, 1.54) is 31.7 Å². The van der Waals surface area contributed by atoms with Crippen LogP contribution in [0.15, 0.2) is 54.6 Å². The first-order chi connectivity index (χ1) is 21.4. The van der Waals surface area contributed by atoms with E-state index in [1.54, 1.807) is 12.1 Å². The van der Waals surface area contributed by atoms with E-state index in [1.807, 2.05) is 36.4 Å². The molecule has 2 aliphatic heterocycles. The third kappa shape index (κ3) is 7.09. The van der Waals surface area contributed by atoms with Gasteiger partial charge in [0.1, 0.15) is 5.82 Å². The molecule has 2 aliphatic rings. The van der Waals surface area contributed by atoms with Gasteiger partial charge in [0, 0.05) is 65.9 Å². The summed E-state index contributed by atoms with van der Waals surface area (Å²) >= 11 is 0. The van der Waals surface area contributed by atoms with Crippen molar-refractivity contribution >= 4 is 56.4 Å². The van der Waals surface area contributed by atoms with E-state index in [0.717, 1.165) is 55.7 Å². The number of rotatable bonds is 11. The number of amides is 2. The number of carbonyl (C=O) groups is 2. The van der Waals surface area contributed by atoms with Gasteiger partial charge in [0.15, 0.2) is 0 Å². The van der Waals surface area contributed by atoms with Gasteiger partial charge in [0.05, 0.1) is 16.7 Å². The Morgan fingerprint density at radius 1 is 0.773 bits per heavy atom. The van der Waals surface area contributed by atoms with Crippen LogP contribution in [0.4, 0.5) is 27.1 Å². The maximum absolute atomic E-state index is 14.6. The Kier molecular flexibility index (Phi) is 9.18. The molecule has 0 unspecified atom stereocenters. The molecule has 0 aliphatic carbocycles. The average molecular weight is 598 g/mol. The molecule has 5 N–H and O–H groups in total. The van der Waals surface area contributed by atoms with E-state index in [2.05, 4.69) is 25.8 Å². The van der Waals surface area contributed by atoms with Crippen LogP contribution in [-0.4, -0.2) is 65.9 Å². The molecule has 2 saturated heterocycles. The van der Waals surface area contributed by atoms with Crippen LogP contribution in [0.1, 0.15) is 44.1 Å². The number of likely N-dealkylation sites (tertiary alicyclic amines) is 2. The lowest BCUT2D eigenvalue weighted by Crippen LogP contribution is -2.25. The number of carbonyl (C=O) groups excluding carboxylic acids is 2. The number of pyridine rings is 1. The van der Waals surface area contributed by atoms with E-state index >= 15 is 0 Å². The van der Waals surface area contributed by atoms with Crippen LogP contribution in [-0.2, 0) is 16.1 Å². The van der Waals surface area contributed by atoms with Crippen molar-refractivity contribution < 1.29 is 14.0 Å². The molecule has 3 aromatic carbocycles. The van der Waals surface area contributed by atoms with E-state index in [-0.39, 0.29) is 24.2 Å². The molecule has 0 radical (unpaired) electrons. The van der Waals surface area contributed by atoms with Gasteiger partial charge >= 0.3 is 0 Å². The van der Waals surface area contributed by atoms with Crippen LogP contribution >= 0.6 is 0 Å². The van der Waals surface area contributed by atoms with Crippen LogP contribution in [0.2, 0.25) is 0 Å². The molecule has 0 saturated carbocycles. The molecule has 3 heterocycles. The number of nitrogens with two attached hydrogens (primary N) is 1. The normalized spacial score (nSPS) is 15.7. The number of aromatic nitrogens is 1. The van der Waals surface area contributed by atoms with E-state index < -0.39 is 0 Å². The highest BCUT2D eigenvalue weighted by atomic mass is 19.1. The van der Waals surface area contributed by atoms with E-state index in [4.69, 9.17) is 10.7 Å². The molecule has 10 heteroatoms. The fourth-order valence-electron chi connectivity index (χ4n) is 6.21. The van der Waals surface area contributed by atoms with Crippen molar-refractivity contribution in [3.05, 3.63) is 66.0 Å². The summed E-state index contributed by atoms with van der Waals surface area (Å²) in [4.78, 5) is 35.0. The van der Waals surface area contributed by atoms with Crippen molar-refractivity contribution in [3.8, 4) is 0 Å². The number of benzene rings is 3. The lowest BCUT2D eigenvalue weighted by Gasteiger charge is -2.17. The SMILES string of the molecule is Nc1cccc(F)c1CNc1c2ccc(NC(=O)CCN3CCCC3)cc2nc2cc(NC(=O)CCN3CCCC3)ccc12. The van der Waals surface area contributed by atoms with Gasteiger partial charge in [-0.25, -0.2) is 9.37 Å². The van der Waals surface area contributed by atoms with Gasteiger partial charge in [-0.1, -0.05) is 6.07 Å². The van der Waals surface area contributed by atoms with Gasteiger partial charge in [-0.2, -0.15) is 0 Å². The van der Waals surface area contributed by atoms with Crippen molar-refractivity contribution in [2.45, 2.75) is 45.1 Å². The fourth-order valence-corrected chi connectivity index (χ4v) is 6.21. The summed E-state index contributed by atoms with van der Waals surface area (Å²) in [7, 11) is 0. The highest BCUT2D eigenvalue weighted by Gasteiger charge is 2.17. The zero-order chi connectivity index (χ0) is 30.5. The van der Waals surface area contributed by atoms with Crippen LogP contribution in [0.5, 0.6) is 0 Å². The second-order valence-corrected chi connectivity index (χ2v) is 11.8. The lowest BCUT2D eigenvalue weighted by molar-refractivity contribution is -0.117. The van der Waals surface area contributed by atoms with Gasteiger partial charge in [-0.15, -0.1) is 0 Å². The Labute approximate surface area is 257 Å². The van der Waals surface area contributed by atoms with Gasteiger partial charge in [-0.3, -0.25) is 9.59 Å². The summed E-state index contributed by atoms with van der Waals surface area (Å²) in [5.74, 6) is -0.452. The number of anilines is 4. The maximum atomic E-state index is 14.6. The monoisotopic (exact) mass is 597 g/mol. The minimum Gasteiger partial charge on any atom is -0.398 e. The largest absolute Gasteiger partial charge is 0.398 e. The molecular formula is C34H40FN7O2. The van der Waals surface area contributed by atoms with Crippen LogP contribution in [0.25, 0.3) is 21.8 Å². The van der Waals surface area contributed by atoms with Crippen LogP contribution < -0.4 is 21.7 Å². The van der Waals surface area contributed by atoms with Crippen LogP contribution in [0, 0.1) is 5.82 Å². The first-order valence-corrected chi connectivity index (χ1v) is 15.6. The quantitative estimate of drug-likeness (QED) is 0.132. The Morgan fingerprint density at radius 2 is 1.30 bits per heavy atom. The molecule has 0 spiro atoms. The van der Waals surface area contributed by atoms with Gasteiger partial charge in [0.2, 0.25) is 11.8 Å². The smallest absolute Gasteiger partial charge is 0.225 e. The Morgan fingerprint density at radius 3 is 1.80 bits per heavy atom. The third-order valence-electron chi connectivity index (χ3n) is 8.65. The number of hydrogen-bond acceptors (Lipinski definition) is 7. The molecule has 1 aromatic heterocycles. The molecule has 0 bridgehead atoms. The van der Waals surface area contributed by atoms with Gasteiger partial charge in [-0.05, 0) is 100 Å². The van der Waals surface area contributed by atoms with Crippen LogP contribution in [0.3, 0.4) is 0 Å². The zero-order valence-corrected chi connectivity index (χ0v) is 25.0. The summed E-state index contributed by atoms with van der Waals surface area (Å²) in [6.45, 7) is 5.89. The number of hydrogen-bond donors (Lipinski definition) is 4. The fraction of sp³-hybridized carbons (Fsp3) is 0.382. The minimum atomic E-state index is -0.377. The molecule has 6 rings (SSSR count). The molecular weight excluding hydrogens is 557 g/mol. The summed E-state index contributed by atoms with van der Waals surface area (Å²) in [6.07, 6.45) is 5.62. The molecule has 4 aromatic rings. The molecule has 2 fully saturated rings. The summed E-state index contributed by atoms with van der Waals surface area (Å²) in [6, 6.07) is 15.9. The predicted octanol–water partition coefficient (Wildman–Crippen LogP) is 5.57. The highest BCUT2D eigenvalue weighted by molar-refractivity contribution is 6.09. The van der Waals surface area contributed by atoms with Crippen molar-refractivity contribution in [2.75, 3.05) is 61.0 Å². The molecule has 230 valence electrons. The Hall–Kier alpha value is -4.28. The Balaban J connectivity index is 1.26. The lowest BCUT2D eigenvalue weighted by atomic mass is 10.1. The number of nitrogens with zero attached hydrogens (tertiary/aromatic N) is 3. The number of fused-ring (bicyclic) bond motifs is 2. The average Bonchev–Trinajstić information content (AvgIpc) is 3.73. The topological polar surface area (TPSA) is 116 Å². The van der Waals surface area contributed by atoms with Crippen molar-refractivity contribution in [2.24, 2.45) is 0 Å². The van der Waals surface area contributed by atoms with Gasteiger partial charge < -0.3 is 31.5 Å². The molecule has 2 amide bonds. The number of halogens is 1. The maximum Gasteiger partial charge on any atom is 0.225 e. The first-order valence-electron chi connectivity index (χ1n) is 15.6. The standard InChI is InChI=1S/C34H40FN7O2/c35-28-6-5-7-29(36)27(28)22-37-34-25-10-8-23(38-32(43)12-18-41-14-1-2-15-41)20-30(25)40-31-21-24(9-11-26(31)34)39-33(44)13-19-42-16-3-4-17-42/h5-11,20-21H,1-4,12-19,22,36H2,(H,37,40)(H,38,43)(H,39,44). The zero-order valence-electron chi connectivity index (χ0n) is 25.0. The summed E-state index contributed by atoms with van der Waals surface area (Å²) in [5, 5.41) is 11.1. The molecule has 0 atom stereocenters. The molecule has 9 nitrogen and oxygen atoms in total. The third-order valence-corrected chi connectivity index (χ3v) is 8.65. The highest BCUT2D eigenvalue weighted by Crippen LogP contribution is 2.34. The Bertz CT molecular complexity index is 1550. The van der Waals surface area contributed by atoms with Gasteiger partial charge in [0.25, 0.3) is 0 Å². The van der Waals surface area contributed by atoms with Crippen molar-refractivity contribution in [3.63, 3.8) is 0 Å². The summed E-state index contributed by atoms with van der Waals surface area (Å²) < 4.78 is 14.6. The van der Waals surface area contributed by atoms with Crippen molar-refractivity contribution in [1.29, 1.82) is 0 Å². The number of nitrogen functional groups attached to an aromatic ring is 1. The second-order valence-electron chi connectivity index (χ2n) is 11.8. The first kappa shape index (κ1) is 29.8. The van der Waals surface area contributed by atoms with Crippen molar-refractivity contribution in [1.82, 2.24) is 14.8 Å². The predicted molar refractivity (Wildman–Crippen MR) is 175 cm³/mol. The minimum absolute atomic E-state index is 0.0376. The van der Waals surface area contributed by atoms with E-state index in [0.29, 0.717) is 46.5 Å². The number of nitrogens with one attached hydrogen (secondary N) is 3. The summed E-state index contributed by atoms with van der Waals surface area (Å²) in [5.41, 5.74) is 10.3. The van der Waals surface area contributed by atoms with E-state index in [9.17, 15) is 14.0 Å². The second kappa shape index (κ2) is 13.6. The molecule has 44 heavy (non-hydrogen) atoms.